The Bertz CT molecular complexity index is 467. The van der Waals surface area contributed by atoms with Crippen LogP contribution in [0.15, 0.2) is 23.8 Å². The molecule has 2 aliphatic heterocycles. The van der Waals surface area contributed by atoms with Crippen LogP contribution in [0, 0.1) is 0 Å². The van der Waals surface area contributed by atoms with Crippen molar-refractivity contribution in [3.63, 3.8) is 0 Å². The van der Waals surface area contributed by atoms with Crippen LogP contribution in [0.4, 0.5) is 0 Å². The topological polar surface area (TPSA) is 98.7 Å². The third-order valence-corrected chi connectivity index (χ3v) is 4.56. The maximum Gasteiger partial charge on any atom is 0.305 e. The van der Waals surface area contributed by atoms with Crippen LogP contribution in [0.2, 0.25) is 0 Å². The number of ether oxygens (including phenoxy) is 2. The van der Waals surface area contributed by atoms with Crippen molar-refractivity contribution in [2.24, 2.45) is 0 Å². The number of rotatable bonds is 4. The van der Waals surface area contributed by atoms with Crippen LogP contribution in [0.25, 0.3) is 0 Å². The summed E-state index contributed by atoms with van der Waals surface area (Å²) in [7, 11) is -2.99. The SMILES string of the molecule is CC(=O)OC1C=CC(=O)C(CCC2=CCS([O-])([O-])C2)O1. The number of carbonyl (C=O) groups is 2. The molecule has 20 heavy (non-hydrogen) atoms. The zero-order valence-corrected chi connectivity index (χ0v) is 11.9. The lowest BCUT2D eigenvalue weighted by molar-refractivity contribution is -0.180. The fourth-order valence-electron chi connectivity index (χ4n) is 2.13. The monoisotopic (exact) mass is 300 g/mol. The Morgan fingerprint density at radius 2 is 2.30 bits per heavy atom. The van der Waals surface area contributed by atoms with Crippen LogP contribution in [0.5, 0.6) is 0 Å². The van der Waals surface area contributed by atoms with E-state index in [4.69, 9.17) is 9.47 Å². The lowest BCUT2D eigenvalue weighted by Crippen LogP contribution is -2.34. The minimum Gasteiger partial charge on any atom is -0.800 e. The lowest BCUT2D eigenvalue weighted by atomic mass is 10.0. The summed E-state index contributed by atoms with van der Waals surface area (Å²) < 4.78 is 32.9. The Balaban J connectivity index is 1.85. The molecule has 0 spiro atoms. The van der Waals surface area contributed by atoms with Gasteiger partial charge in [0.1, 0.15) is 6.10 Å². The van der Waals surface area contributed by atoms with Gasteiger partial charge in [-0.3, -0.25) is 9.59 Å². The van der Waals surface area contributed by atoms with Crippen molar-refractivity contribution in [2.45, 2.75) is 32.2 Å². The molecule has 2 unspecified atom stereocenters. The predicted octanol–water partition coefficient (Wildman–Crippen LogP) is 1.19. The van der Waals surface area contributed by atoms with Gasteiger partial charge in [-0.2, -0.15) is 0 Å². The Kier molecular flexibility index (Phi) is 4.64. The van der Waals surface area contributed by atoms with Gasteiger partial charge in [-0.15, -0.1) is 0 Å². The summed E-state index contributed by atoms with van der Waals surface area (Å²) in [6.07, 6.45) is 3.71. The normalized spacial score (nSPS) is 29.9. The fourth-order valence-corrected chi connectivity index (χ4v) is 3.57. The highest BCUT2D eigenvalue weighted by atomic mass is 32.3. The first kappa shape index (κ1) is 15.2. The molecule has 6 nitrogen and oxygen atoms in total. The molecule has 0 radical (unpaired) electrons. The average Bonchev–Trinajstić information content (AvgIpc) is 2.69. The summed E-state index contributed by atoms with van der Waals surface area (Å²) in [4.78, 5) is 22.5. The van der Waals surface area contributed by atoms with Crippen molar-refractivity contribution < 1.29 is 28.2 Å². The molecule has 0 aromatic heterocycles. The summed E-state index contributed by atoms with van der Waals surface area (Å²) >= 11 is 0. The quantitative estimate of drug-likeness (QED) is 0.571. The van der Waals surface area contributed by atoms with Crippen molar-refractivity contribution in [3.05, 3.63) is 23.8 Å². The first-order valence-electron chi connectivity index (χ1n) is 6.29. The summed E-state index contributed by atoms with van der Waals surface area (Å²) in [6.45, 7) is 1.26. The number of hydrogen-bond donors (Lipinski definition) is 0. The van der Waals surface area contributed by atoms with Crippen molar-refractivity contribution in [1.29, 1.82) is 0 Å². The van der Waals surface area contributed by atoms with Gasteiger partial charge in [0.15, 0.2) is 5.78 Å². The Morgan fingerprint density at radius 3 is 2.90 bits per heavy atom. The van der Waals surface area contributed by atoms with Gasteiger partial charge in [0.2, 0.25) is 6.29 Å². The highest BCUT2D eigenvalue weighted by Gasteiger charge is 2.27. The van der Waals surface area contributed by atoms with E-state index in [1.165, 1.54) is 19.1 Å². The molecule has 0 aliphatic carbocycles. The minimum atomic E-state index is -2.99. The molecule has 0 aromatic carbocycles. The second-order valence-electron chi connectivity index (χ2n) is 4.82. The van der Waals surface area contributed by atoms with Crippen molar-refractivity contribution in [3.8, 4) is 0 Å². The number of ketones is 1. The number of hydrogen-bond acceptors (Lipinski definition) is 6. The van der Waals surface area contributed by atoms with E-state index in [0.29, 0.717) is 12.8 Å². The first-order chi connectivity index (χ1) is 9.35. The molecule has 0 bridgehead atoms. The van der Waals surface area contributed by atoms with Gasteiger partial charge in [0.05, 0.1) is 0 Å². The van der Waals surface area contributed by atoms with Crippen molar-refractivity contribution in [1.82, 2.24) is 0 Å². The van der Waals surface area contributed by atoms with Crippen LogP contribution < -0.4 is 0 Å². The van der Waals surface area contributed by atoms with Gasteiger partial charge >= 0.3 is 5.97 Å². The Morgan fingerprint density at radius 1 is 1.55 bits per heavy atom. The number of sulfone groups is 1. The van der Waals surface area contributed by atoms with E-state index < -0.39 is 29.0 Å². The average molecular weight is 300 g/mol. The van der Waals surface area contributed by atoms with Gasteiger partial charge in [-0.25, -0.2) is 0 Å². The highest BCUT2D eigenvalue weighted by Crippen LogP contribution is 2.45. The van der Waals surface area contributed by atoms with Gasteiger partial charge < -0.3 is 29.2 Å². The molecule has 2 atom stereocenters. The van der Waals surface area contributed by atoms with Crippen molar-refractivity contribution >= 4 is 22.3 Å². The second kappa shape index (κ2) is 6.09. The number of carbonyl (C=O) groups excluding carboxylic acids is 2. The van der Waals surface area contributed by atoms with Crippen molar-refractivity contribution in [2.75, 3.05) is 11.5 Å². The molecule has 2 rings (SSSR count). The van der Waals surface area contributed by atoms with E-state index in [2.05, 4.69) is 0 Å². The number of esters is 1. The minimum absolute atomic E-state index is 0.0527. The standard InChI is InChI=1S/C13H18O6S/c1-9(14)18-13-5-3-11(15)12(19-13)4-2-10-6-7-20(16,17)8-10/h3,5-6,12-13,16-17H,2,4,7-8H2,1H3/p-2. The molecular formula is C13H16O6S-2. The molecule has 2 heterocycles. The molecule has 0 saturated heterocycles. The maximum absolute atomic E-state index is 11.7. The highest BCUT2D eigenvalue weighted by molar-refractivity contribution is 8.24. The zero-order chi connectivity index (χ0) is 14.8. The van der Waals surface area contributed by atoms with E-state index in [1.807, 2.05) is 0 Å². The summed E-state index contributed by atoms with van der Waals surface area (Å²) in [5, 5.41) is 0. The smallest absolute Gasteiger partial charge is 0.305 e. The lowest BCUT2D eigenvalue weighted by Gasteiger charge is -2.57. The fraction of sp³-hybridized carbons (Fsp3) is 0.538. The van der Waals surface area contributed by atoms with E-state index in [9.17, 15) is 18.7 Å². The van der Waals surface area contributed by atoms with Crippen LogP contribution in [-0.2, 0) is 19.1 Å². The molecule has 0 N–H and O–H groups in total. The third kappa shape index (κ3) is 4.17. The van der Waals surface area contributed by atoms with Crippen LogP contribution in [0.1, 0.15) is 19.8 Å². The second-order valence-corrected chi connectivity index (χ2v) is 6.93. The van der Waals surface area contributed by atoms with Crippen LogP contribution in [-0.4, -0.2) is 44.8 Å². The first-order valence-corrected chi connectivity index (χ1v) is 8.11. The van der Waals surface area contributed by atoms with E-state index in [1.54, 1.807) is 6.08 Å². The molecule has 0 fully saturated rings. The van der Waals surface area contributed by atoms with Crippen LogP contribution >= 0.6 is 10.6 Å². The van der Waals surface area contributed by atoms with Gasteiger partial charge in [-0.05, 0) is 36.5 Å². The molecule has 0 saturated carbocycles. The molecule has 7 heteroatoms. The molecule has 0 aromatic rings. The molecule has 112 valence electrons. The van der Waals surface area contributed by atoms with Gasteiger partial charge in [-0.1, -0.05) is 11.6 Å². The summed E-state index contributed by atoms with van der Waals surface area (Å²) in [5.74, 6) is -0.568. The van der Waals surface area contributed by atoms with Crippen LogP contribution in [0.3, 0.4) is 0 Å². The summed E-state index contributed by atoms with van der Waals surface area (Å²) in [5.41, 5.74) is 0.806. The zero-order valence-electron chi connectivity index (χ0n) is 11.1. The molecular weight excluding hydrogens is 284 g/mol. The van der Waals surface area contributed by atoms with E-state index in [0.717, 1.165) is 5.57 Å². The van der Waals surface area contributed by atoms with E-state index in [-0.39, 0.29) is 17.3 Å². The third-order valence-electron chi connectivity index (χ3n) is 3.07. The molecule has 0 amide bonds. The largest absolute Gasteiger partial charge is 0.800 e. The van der Waals surface area contributed by atoms with Gasteiger partial charge in [0, 0.05) is 6.92 Å². The molecule has 2 aliphatic rings. The summed E-state index contributed by atoms with van der Waals surface area (Å²) in [6, 6.07) is 0. The van der Waals surface area contributed by atoms with E-state index >= 15 is 0 Å². The van der Waals surface area contributed by atoms with Gasteiger partial charge in [0.25, 0.3) is 0 Å². The Hall–Kier alpha value is -1.15. The predicted molar refractivity (Wildman–Crippen MR) is 70.8 cm³/mol. The Labute approximate surface area is 118 Å². The maximum atomic E-state index is 11.7.